The van der Waals surface area contributed by atoms with Crippen molar-refractivity contribution in [2.75, 3.05) is 0 Å². The number of esters is 1. The van der Waals surface area contributed by atoms with Crippen LogP contribution in [0.1, 0.15) is 96.8 Å². The van der Waals surface area contributed by atoms with Crippen molar-refractivity contribution in [3.05, 3.63) is 43.0 Å². The zero-order valence-corrected chi connectivity index (χ0v) is 17.9. The minimum absolute atomic E-state index is 0.435. The fourth-order valence-electron chi connectivity index (χ4n) is 3.30. The Morgan fingerprint density at radius 2 is 1.36 bits per heavy atom. The van der Waals surface area contributed by atoms with Crippen LogP contribution in [-0.4, -0.2) is 12.3 Å². The van der Waals surface area contributed by atoms with Crippen LogP contribution in [0.2, 0.25) is 0 Å². The quantitative estimate of drug-likeness (QED) is 0.112. The number of ether oxygens (including phenoxy) is 2. The van der Waals surface area contributed by atoms with Crippen molar-refractivity contribution in [2.24, 2.45) is 0 Å². The van der Waals surface area contributed by atoms with Gasteiger partial charge in [0, 0.05) is 12.5 Å². The average Bonchev–Trinajstić information content (AvgIpc) is 2.72. The van der Waals surface area contributed by atoms with E-state index >= 15 is 0 Å². The van der Waals surface area contributed by atoms with E-state index in [9.17, 15) is 4.79 Å². The molecule has 28 heavy (non-hydrogen) atoms. The largest absolute Gasteiger partial charge is 0.455 e. The van der Waals surface area contributed by atoms with Crippen molar-refractivity contribution >= 4 is 5.97 Å². The number of unbranched alkanes of at least 4 members (excludes halogenated alkanes) is 12. The van der Waals surface area contributed by atoms with Gasteiger partial charge in [-0.05, 0) is 18.6 Å². The minimum atomic E-state index is -0.541. The number of hydrogen-bond acceptors (Lipinski definition) is 3. The van der Waals surface area contributed by atoms with Crippen molar-refractivity contribution in [3.63, 3.8) is 0 Å². The van der Waals surface area contributed by atoms with Gasteiger partial charge in [0.05, 0.1) is 0 Å². The topological polar surface area (TPSA) is 35.5 Å². The van der Waals surface area contributed by atoms with Gasteiger partial charge < -0.3 is 9.47 Å². The molecular weight excluding hydrogens is 348 g/mol. The molecule has 0 aromatic heterocycles. The lowest BCUT2D eigenvalue weighted by molar-refractivity contribution is -0.158. The van der Waals surface area contributed by atoms with Gasteiger partial charge in [0.1, 0.15) is 5.75 Å². The zero-order valence-electron chi connectivity index (χ0n) is 17.9. The summed E-state index contributed by atoms with van der Waals surface area (Å²) in [5.74, 6) is 0.287. The van der Waals surface area contributed by atoms with Gasteiger partial charge in [0.2, 0.25) is 6.29 Å². The van der Waals surface area contributed by atoms with Gasteiger partial charge in [-0.2, -0.15) is 0 Å². The molecule has 0 radical (unpaired) electrons. The van der Waals surface area contributed by atoms with Gasteiger partial charge in [-0.1, -0.05) is 109 Å². The number of rotatable bonds is 18. The molecule has 0 aliphatic rings. The summed E-state index contributed by atoms with van der Waals surface area (Å²) in [5.41, 5.74) is 0. The van der Waals surface area contributed by atoms with Gasteiger partial charge in [0.25, 0.3) is 0 Å². The molecule has 1 rings (SSSR count). The molecule has 0 heterocycles. The third-order valence-electron chi connectivity index (χ3n) is 4.97. The first-order chi connectivity index (χ1) is 13.8. The molecule has 1 aromatic rings. The number of hydrogen-bond donors (Lipinski definition) is 0. The van der Waals surface area contributed by atoms with Crippen LogP contribution in [0.15, 0.2) is 43.0 Å². The van der Waals surface area contributed by atoms with E-state index in [1.54, 1.807) is 0 Å². The molecule has 0 aliphatic carbocycles. The van der Waals surface area contributed by atoms with Crippen LogP contribution in [0, 0.1) is 0 Å². The highest BCUT2D eigenvalue weighted by molar-refractivity contribution is 5.81. The van der Waals surface area contributed by atoms with E-state index in [0.717, 1.165) is 18.6 Å². The van der Waals surface area contributed by atoms with Crippen molar-refractivity contribution < 1.29 is 14.3 Å². The van der Waals surface area contributed by atoms with Crippen LogP contribution in [0.25, 0.3) is 0 Å². The lowest BCUT2D eigenvalue weighted by Crippen LogP contribution is -2.23. The smallest absolute Gasteiger partial charge is 0.333 e. The fraction of sp³-hybridized carbons (Fsp3) is 0.640. The van der Waals surface area contributed by atoms with Gasteiger partial charge in [-0.25, -0.2) is 4.79 Å². The SMILES string of the molecule is C=CC(=O)OC(CCCCCCCCCCCCCCC)Oc1ccccc1. The van der Waals surface area contributed by atoms with Crippen molar-refractivity contribution in [1.82, 2.24) is 0 Å². The van der Waals surface area contributed by atoms with Gasteiger partial charge in [-0.15, -0.1) is 0 Å². The number of carbonyl (C=O) groups excluding carboxylic acids is 1. The van der Waals surface area contributed by atoms with Crippen LogP contribution < -0.4 is 4.74 Å². The summed E-state index contributed by atoms with van der Waals surface area (Å²) >= 11 is 0. The molecule has 0 fully saturated rings. The van der Waals surface area contributed by atoms with E-state index in [1.165, 1.54) is 76.7 Å². The Hall–Kier alpha value is -1.77. The van der Waals surface area contributed by atoms with Gasteiger partial charge in [-0.3, -0.25) is 0 Å². The first-order valence-electron chi connectivity index (χ1n) is 11.3. The van der Waals surface area contributed by atoms with Crippen molar-refractivity contribution in [3.8, 4) is 5.75 Å². The summed E-state index contributed by atoms with van der Waals surface area (Å²) in [6.07, 6.45) is 18.5. The second-order valence-electron chi connectivity index (χ2n) is 7.53. The summed E-state index contributed by atoms with van der Waals surface area (Å²) in [5, 5.41) is 0. The molecule has 0 saturated carbocycles. The number of benzene rings is 1. The molecule has 0 spiro atoms. The normalized spacial score (nSPS) is 11.8. The molecule has 158 valence electrons. The highest BCUT2D eigenvalue weighted by Gasteiger charge is 2.14. The van der Waals surface area contributed by atoms with Crippen molar-refractivity contribution in [1.29, 1.82) is 0 Å². The van der Waals surface area contributed by atoms with E-state index in [2.05, 4.69) is 13.5 Å². The minimum Gasteiger partial charge on any atom is -0.455 e. The number of para-hydroxylation sites is 1. The molecular formula is C25H40O3. The van der Waals surface area contributed by atoms with Crippen LogP contribution in [-0.2, 0) is 9.53 Å². The van der Waals surface area contributed by atoms with Crippen molar-refractivity contribution in [2.45, 2.75) is 103 Å². The molecule has 0 saturated heterocycles. The Kier molecular flexibility index (Phi) is 15.0. The third kappa shape index (κ3) is 13.4. The molecule has 0 amide bonds. The Bertz CT molecular complexity index is 498. The van der Waals surface area contributed by atoms with E-state index in [4.69, 9.17) is 9.47 Å². The van der Waals surface area contributed by atoms with E-state index < -0.39 is 12.3 Å². The van der Waals surface area contributed by atoms with Crippen LogP contribution >= 0.6 is 0 Å². The van der Waals surface area contributed by atoms with E-state index in [1.807, 2.05) is 30.3 Å². The van der Waals surface area contributed by atoms with Crippen LogP contribution in [0.5, 0.6) is 5.75 Å². The highest BCUT2D eigenvalue weighted by Crippen LogP contribution is 2.17. The molecule has 3 heteroatoms. The molecule has 1 atom stereocenters. The van der Waals surface area contributed by atoms with Crippen LogP contribution in [0.4, 0.5) is 0 Å². The summed E-state index contributed by atoms with van der Waals surface area (Å²) in [7, 11) is 0. The predicted molar refractivity (Wildman–Crippen MR) is 117 cm³/mol. The lowest BCUT2D eigenvalue weighted by atomic mass is 10.0. The second-order valence-corrected chi connectivity index (χ2v) is 7.53. The average molecular weight is 389 g/mol. The predicted octanol–water partition coefficient (Wildman–Crippen LogP) is 7.60. The van der Waals surface area contributed by atoms with E-state index in [-0.39, 0.29) is 0 Å². The van der Waals surface area contributed by atoms with E-state index in [0.29, 0.717) is 6.42 Å². The standard InChI is InChI=1S/C25H40O3/c1-3-5-6-7-8-9-10-11-12-13-14-15-19-22-25(28-24(26)4-2)27-23-20-17-16-18-21-23/h4,16-18,20-21,25H,2-3,5-15,19,22H2,1H3. The summed E-state index contributed by atoms with van der Waals surface area (Å²) in [4.78, 5) is 11.5. The summed E-state index contributed by atoms with van der Waals surface area (Å²) in [6, 6.07) is 9.50. The van der Waals surface area contributed by atoms with Gasteiger partial charge >= 0.3 is 5.97 Å². The molecule has 1 aromatic carbocycles. The second kappa shape index (κ2) is 17.3. The lowest BCUT2D eigenvalue weighted by Gasteiger charge is -2.18. The fourth-order valence-corrected chi connectivity index (χ4v) is 3.30. The molecule has 3 nitrogen and oxygen atoms in total. The number of carbonyl (C=O) groups is 1. The maximum absolute atomic E-state index is 11.5. The Labute approximate surface area is 172 Å². The third-order valence-corrected chi connectivity index (χ3v) is 4.97. The maximum Gasteiger partial charge on any atom is 0.333 e. The summed E-state index contributed by atoms with van der Waals surface area (Å²) in [6.45, 7) is 5.73. The van der Waals surface area contributed by atoms with Gasteiger partial charge in [0.15, 0.2) is 0 Å². The molecule has 0 bridgehead atoms. The molecule has 0 aliphatic heterocycles. The Balaban J connectivity index is 2.06. The summed E-state index contributed by atoms with van der Waals surface area (Å²) < 4.78 is 11.1. The molecule has 1 unspecified atom stereocenters. The first kappa shape index (κ1) is 24.3. The first-order valence-corrected chi connectivity index (χ1v) is 11.3. The van der Waals surface area contributed by atoms with Crippen LogP contribution in [0.3, 0.4) is 0 Å². The maximum atomic E-state index is 11.5. The Morgan fingerprint density at radius 3 is 1.86 bits per heavy atom. The molecule has 0 N–H and O–H groups in total. The monoisotopic (exact) mass is 388 g/mol. The zero-order chi connectivity index (χ0) is 20.3. The highest BCUT2D eigenvalue weighted by atomic mass is 16.7. The Morgan fingerprint density at radius 1 is 0.857 bits per heavy atom.